The molecule has 0 atom stereocenters. The SMILES string of the molecule is CNCCS(=O)(=O)N(Cc1ccccc1)Cc1ccccc1. The molecule has 5 heteroatoms. The standard InChI is InChI=1S/C17H22N2O2S/c1-18-12-13-22(20,21)19(14-16-8-4-2-5-9-16)15-17-10-6-3-7-11-17/h2-11,18H,12-15H2,1H3. The predicted molar refractivity (Wildman–Crippen MR) is 89.8 cm³/mol. The molecule has 2 aromatic carbocycles. The van der Waals surface area contributed by atoms with E-state index in [1.54, 1.807) is 11.4 Å². The van der Waals surface area contributed by atoms with Crippen molar-refractivity contribution in [2.45, 2.75) is 13.1 Å². The molecular formula is C17H22N2O2S. The van der Waals surface area contributed by atoms with Crippen molar-refractivity contribution < 1.29 is 8.42 Å². The summed E-state index contributed by atoms with van der Waals surface area (Å²) < 4.78 is 26.7. The molecule has 0 saturated heterocycles. The molecule has 0 aliphatic heterocycles. The molecule has 0 saturated carbocycles. The Bertz CT molecular complexity index is 616. The maximum absolute atomic E-state index is 12.6. The number of hydrogen-bond donors (Lipinski definition) is 1. The highest BCUT2D eigenvalue weighted by molar-refractivity contribution is 7.89. The largest absolute Gasteiger partial charge is 0.319 e. The fraction of sp³-hybridized carbons (Fsp3) is 0.294. The van der Waals surface area contributed by atoms with E-state index in [2.05, 4.69) is 5.32 Å². The minimum absolute atomic E-state index is 0.100. The van der Waals surface area contributed by atoms with Crippen LogP contribution in [0.25, 0.3) is 0 Å². The van der Waals surface area contributed by atoms with Gasteiger partial charge in [-0.15, -0.1) is 0 Å². The van der Waals surface area contributed by atoms with Crippen molar-refractivity contribution in [1.29, 1.82) is 0 Å². The summed E-state index contributed by atoms with van der Waals surface area (Å²) in [7, 11) is -1.55. The molecule has 0 aromatic heterocycles. The van der Waals surface area contributed by atoms with E-state index in [0.29, 0.717) is 19.6 Å². The zero-order valence-electron chi connectivity index (χ0n) is 12.8. The summed E-state index contributed by atoms with van der Waals surface area (Å²) in [5.74, 6) is 0.100. The van der Waals surface area contributed by atoms with Crippen LogP contribution in [0.5, 0.6) is 0 Å². The van der Waals surface area contributed by atoms with Gasteiger partial charge in [-0.25, -0.2) is 8.42 Å². The Morgan fingerprint density at radius 2 is 1.32 bits per heavy atom. The first-order valence-corrected chi connectivity index (χ1v) is 8.93. The van der Waals surface area contributed by atoms with Crippen LogP contribution in [0.3, 0.4) is 0 Å². The lowest BCUT2D eigenvalue weighted by Crippen LogP contribution is -2.35. The molecule has 0 unspecified atom stereocenters. The number of hydrogen-bond acceptors (Lipinski definition) is 3. The van der Waals surface area contributed by atoms with Crippen molar-refractivity contribution >= 4 is 10.0 Å². The molecular weight excluding hydrogens is 296 g/mol. The third-order valence-corrected chi connectivity index (χ3v) is 5.17. The number of benzene rings is 2. The van der Waals surface area contributed by atoms with Crippen LogP contribution in [0.4, 0.5) is 0 Å². The van der Waals surface area contributed by atoms with E-state index >= 15 is 0 Å². The summed E-state index contributed by atoms with van der Waals surface area (Å²) >= 11 is 0. The summed E-state index contributed by atoms with van der Waals surface area (Å²) in [6, 6.07) is 19.4. The van der Waals surface area contributed by atoms with Crippen LogP contribution in [0.2, 0.25) is 0 Å². The normalized spacial score (nSPS) is 11.7. The van der Waals surface area contributed by atoms with Crippen molar-refractivity contribution in [2.24, 2.45) is 0 Å². The van der Waals surface area contributed by atoms with Gasteiger partial charge in [-0.1, -0.05) is 60.7 Å². The molecule has 0 bridgehead atoms. The molecule has 0 amide bonds. The monoisotopic (exact) mass is 318 g/mol. The van der Waals surface area contributed by atoms with Gasteiger partial charge in [0.2, 0.25) is 10.0 Å². The third-order valence-electron chi connectivity index (χ3n) is 3.41. The van der Waals surface area contributed by atoms with Crippen molar-refractivity contribution in [3.63, 3.8) is 0 Å². The zero-order chi connectivity index (χ0) is 15.8. The molecule has 4 nitrogen and oxygen atoms in total. The number of rotatable bonds is 8. The third kappa shape index (κ3) is 4.94. The second kappa shape index (κ2) is 8.08. The molecule has 0 heterocycles. The number of sulfonamides is 1. The van der Waals surface area contributed by atoms with Gasteiger partial charge in [0, 0.05) is 19.6 Å². The summed E-state index contributed by atoms with van der Waals surface area (Å²) in [5.41, 5.74) is 1.98. The van der Waals surface area contributed by atoms with Gasteiger partial charge in [-0.3, -0.25) is 0 Å². The van der Waals surface area contributed by atoms with Crippen LogP contribution in [0, 0.1) is 0 Å². The van der Waals surface area contributed by atoms with Gasteiger partial charge < -0.3 is 5.32 Å². The number of nitrogens with zero attached hydrogens (tertiary/aromatic N) is 1. The summed E-state index contributed by atoms with van der Waals surface area (Å²) in [6.45, 7) is 1.23. The molecule has 22 heavy (non-hydrogen) atoms. The van der Waals surface area contributed by atoms with E-state index in [4.69, 9.17) is 0 Å². The second-order valence-electron chi connectivity index (χ2n) is 5.16. The second-order valence-corrected chi connectivity index (χ2v) is 7.25. The molecule has 1 N–H and O–H groups in total. The van der Waals surface area contributed by atoms with Gasteiger partial charge in [0.05, 0.1) is 5.75 Å². The lowest BCUT2D eigenvalue weighted by Gasteiger charge is -2.22. The smallest absolute Gasteiger partial charge is 0.215 e. The highest BCUT2D eigenvalue weighted by Crippen LogP contribution is 2.14. The van der Waals surface area contributed by atoms with E-state index < -0.39 is 10.0 Å². The van der Waals surface area contributed by atoms with Crippen LogP contribution in [-0.2, 0) is 23.1 Å². The van der Waals surface area contributed by atoms with Gasteiger partial charge in [-0.2, -0.15) is 4.31 Å². The maximum atomic E-state index is 12.6. The molecule has 118 valence electrons. The molecule has 2 aromatic rings. The lowest BCUT2D eigenvalue weighted by atomic mass is 10.2. The fourth-order valence-electron chi connectivity index (χ4n) is 2.19. The fourth-order valence-corrected chi connectivity index (χ4v) is 3.60. The van der Waals surface area contributed by atoms with Gasteiger partial charge in [0.1, 0.15) is 0 Å². The van der Waals surface area contributed by atoms with E-state index in [1.165, 1.54) is 0 Å². The Morgan fingerprint density at radius 1 is 0.864 bits per heavy atom. The van der Waals surface area contributed by atoms with Crippen molar-refractivity contribution in [3.8, 4) is 0 Å². The first-order chi connectivity index (χ1) is 10.6. The first kappa shape index (κ1) is 16.7. The molecule has 0 radical (unpaired) electrons. The summed E-state index contributed by atoms with van der Waals surface area (Å²) in [6.07, 6.45) is 0. The van der Waals surface area contributed by atoms with Crippen molar-refractivity contribution in [2.75, 3.05) is 19.3 Å². The zero-order valence-corrected chi connectivity index (χ0v) is 13.6. The average molecular weight is 318 g/mol. The van der Waals surface area contributed by atoms with E-state index in [9.17, 15) is 8.42 Å². The minimum atomic E-state index is -3.31. The van der Waals surface area contributed by atoms with Crippen LogP contribution in [-0.4, -0.2) is 32.1 Å². The Balaban J connectivity index is 2.20. The summed E-state index contributed by atoms with van der Waals surface area (Å²) in [5, 5.41) is 2.90. The topological polar surface area (TPSA) is 49.4 Å². The highest BCUT2D eigenvalue weighted by atomic mass is 32.2. The van der Waals surface area contributed by atoms with Crippen LogP contribution in [0.1, 0.15) is 11.1 Å². The average Bonchev–Trinajstić information content (AvgIpc) is 2.54. The predicted octanol–water partition coefficient (Wildman–Crippen LogP) is 2.24. The molecule has 0 aliphatic carbocycles. The van der Waals surface area contributed by atoms with Crippen molar-refractivity contribution in [1.82, 2.24) is 9.62 Å². The number of nitrogens with one attached hydrogen (secondary N) is 1. The van der Waals surface area contributed by atoms with Crippen molar-refractivity contribution in [3.05, 3.63) is 71.8 Å². The first-order valence-electron chi connectivity index (χ1n) is 7.32. The summed E-state index contributed by atoms with van der Waals surface area (Å²) in [4.78, 5) is 0. The van der Waals surface area contributed by atoms with Crippen LogP contribution >= 0.6 is 0 Å². The Kier molecular flexibility index (Phi) is 6.12. The van der Waals surface area contributed by atoms with Crippen LogP contribution in [0.15, 0.2) is 60.7 Å². The van der Waals surface area contributed by atoms with Gasteiger partial charge in [0.15, 0.2) is 0 Å². The lowest BCUT2D eigenvalue weighted by molar-refractivity contribution is 0.400. The molecule has 0 fully saturated rings. The molecule has 0 aliphatic rings. The van der Waals surface area contributed by atoms with Gasteiger partial charge in [0.25, 0.3) is 0 Å². The quantitative estimate of drug-likeness (QED) is 0.812. The Labute approximate surface area is 132 Å². The van der Waals surface area contributed by atoms with E-state index in [1.807, 2.05) is 60.7 Å². The van der Waals surface area contributed by atoms with Gasteiger partial charge >= 0.3 is 0 Å². The highest BCUT2D eigenvalue weighted by Gasteiger charge is 2.22. The van der Waals surface area contributed by atoms with E-state index in [-0.39, 0.29) is 5.75 Å². The molecule has 0 spiro atoms. The van der Waals surface area contributed by atoms with E-state index in [0.717, 1.165) is 11.1 Å². The Hall–Kier alpha value is -1.69. The Morgan fingerprint density at radius 3 is 1.73 bits per heavy atom. The maximum Gasteiger partial charge on any atom is 0.215 e. The van der Waals surface area contributed by atoms with Gasteiger partial charge in [-0.05, 0) is 18.2 Å². The molecule has 2 rings (SSSR count). The van der Waals surface area contributed by atoms with Crippen LogP contribution < -0.4 is 5.32 Å². The minimum Gasteiger partial charge on any atom is -0.319 e.